The number of nitrogens with one attached hydrogen (secondary N) is 1. The molecule has 0 unspecified atom stereocenters. The van der Waals surface area contributed by atoms with Gasteiger partial charge in [0, 0.05) is 17.4 Å². The Hall–Kier alpha value is -2.13. The van der Waals surface area contributed by atoms with Gasteiger partial charge in [-0.1, -0.05) is 27.3 Å². The number of rotatable bonds is 4. The number of amides is 1. The van der Waals surface area contributed by atoms with Gasteiger partial charge in [-0.2, -0.15) is 0 Å². The van der Waals surface area contributed by atoms with Gasteiger partial charge < -0.3 is 5.32 Å². The zero-order valence-electron chi connectivity index (χ0n) is 12.1. The van der Waals surface area contributed by atoms with E-state index in [0.29, 0.717) is 16.0 Å². The molecule has 3 rings (SSSR count). The topological polar surface area (TPSA) is 89.8 Å². The molecule has 118 valence electrons. The van der Waals surface area contributed by atoms with Crippen LogP contribution < -0.4 is 10.9 Å². The SMILES string of the molecule is Cc1nnc(NC(=O)CCn2cnc3ccc(Br)cc3c2=O)s1. The van der Waals surface area contributed by atoms with Crippen molar-refractivity contribution < 1.29 is 4.79 Å². The number of aryl methyl sites for hydroxylation is 2. The molecule has 0 saturated carbocycles. The van der Waals surface area contributed by atoms with Gasteiger partial charge in [0.1, 0.15) is 5.01 Å². The molecule has 1 amide bonds. The second-order valence-electron chi connectivity index (χ2n) is 4.83. The summed E-state index contributed by atoms with van der Waals surface area (Å²) < 4.78 is 2.24. The van der Waals surface area contributed by atoms with Crippen LogP contribution in [-0.2, 0) is 11.3 Å². The Labute approximate surface area is 143 Å². The number of carbonyl (C=O) groups excluding carboxylic acids is 1. The fourth-order valence-electron chi connectivity index (χ4n) is 2.04. The Morgan fingerprint density at radius 1 is 1.39 bits per heavy atom. The average molecular weight is 394 g/mol. The molecule has 0 radical (unpaired) electrons. The molecule has 0 aliphatic heterocycles. The first-order valence-electron chi connectivity index (χ1n) is 6.77. The number of aromatic nitrogens is 4. The van der Waals surface area contributed by atoms with Crippen LogP contribution in [0.15, 0.2) is 33.8 Å². The number of hydrogen-bond donors (Lipinski definition) is 1. The van der Waals surface area contributed by atoms with E-state index in [0.717, 1.165) is 9.48 Å². The summed E-state index contributed by atoms with van der Waals surface area (Å²) in [5, 5.41) is 12.1. The van der Waals surface area contributed by atoms with E-state index in [4.69, 9.17) is 0 Å². The first-order chi connectivity index (χ1) is 11.0. The highest BCUT2D eigenvalue weighted by Crippen LogP contribution is 2.15. The number of benzene rings is 1. The summed E-state index contributed by atoms with van der Waals surface area (Å²) in [6.07, 6.45) is 1.61. The van der Waals surface area contributed by atoms with Crippen molar-refractivity contribution in [3.63, 3.8) is 0 Å². The van der Waals surface area contributed by atoms with E-state index >= 15 is 0 Å². The number of nitrogens with zero attached hydrogens (tertiary/aromatic N) is 4. The first-order valence-corrected chi connectivity index (χ1v) is 8.38. The Bertz CT molecular complexity index is 936. The molecular weight excluding hydrogens is 382 g/mol. The van der Waals surface area contributed by atoms with Gasteiger partial charge >= 0.3 is 0 Å². The highest BCUT2D eigenvalue weighted by atomic mass is 79.9. The summed E-state index contributed by atoms with van der Waals surface area (Å²) in [6.45, 7) is 2.06. The van der Waals surface area contributed by atoms with Crippen LogP contribution in [0.25, 0.3) is 10.9 Å². The lowest BCUT2D eigenvalue weighted by atomic mass is 10.2. The molecule has 1 N–H and O–H groups in total. The maximum atomic E-state index is 12.4. The van der Waals surface area contributed by atoms with Crippen molar-refractivity contribution in [2.45, 2.75) is 19.9 Å². The number of anilines is 1. The predicted octanol–water partition coefficient (Wildman–Crippen LogP) is 2.35. The number of carbonyl (C=O) groups is 1. The quantitative estimate of drug-likeness (QED) is 0.734. The van der Waals surface area contributed by atoms with Crippen molar-refractivity contribution in [2.75, 3.05) is 5.32 Å². The molecular formula is C14H12BrN5O2S. The van der Waals surface area contributed by atoms with Gasteiger partial charge in [-0.25, -0.2) is 4.98 Å². The number of halogens is 1. The Kier molecular flexibility index (Phi) is 4.49. The lowest BCUT2D eigenvalue weighted by Gasteiger charge is -2.06. The fourth-order valence-corrected chi connectivity index (χ4v) is 3.01. The maximum Gasteiger partial charge on any atom is 0.261 e. The predicted molar refractivity (Wildman–Crippen MR) is 91.6 cm³/mol. The maximum absolute atomic E-state index is 12.4. The van der Waals surface area contributed by atoms with E-state index < -0.39 is 0 Å². The van der Waals surface area contributed by atoms with E-state index in [2.05, 4.69) is 36.4 Å². The normalized spacial score (nSPS) is 10.9. The van der Waals surface area contributed by atoms with Gasteiger partial charge in [-0.05, 0) is 25.1 Å². The van der Waals surface area contributed by atoms with E-state index in [1.807, 2.05) is 13.0 Å². The first kappa shape index (κ1) is 15.8. The van der Waals surface area contributed by atoms with Gasteiger partial charge in [0.15, 0.2) is 0 Å². The minimum absolute atomic E-state index is 0.153. The van der Waals surface area contributed by atoms with Crippen LogP contribution in [-0.4, -0.2) is 25.7 Å². The van der Waals surface area contributed by atoms with Crippen LogP contribution in [0.5, 0.6) is 0 Å². The molecule has 3 aromatic rings. The molecule has 0 fully saturated rings. The van der Waals surface area contributed by atoms with Crippen molar-refractivity contribution >= 4 is 49.2 Å². The highest BCUT2D eigenvalue weighted by Gasteiger charge is 2.09. The van der Waals surface area contributed by atoms with Crippen LogP contribution in [0.4, 0.5) is 5.13 Å². The molecule has 0 aliphatic rings. The largest absolute Gasteiger partial charge is 0.300 e. The van der Waals surface area contributed by atoms with Crippen molar-refractivity contribution in [2.24, 2.45) is 0 Å². The van der Waals surface area contributed by atoms with Crippen molar-refractivity contribution in [3.05, 3.63) is 44.4 Å². The third-order valence-corrected chi connectivity index (χ3v) is 4.39. The zero-order valence-corrected chi connectivity index (χ0v) is 14.5. The van der Waals surface area contributed by atoms with E-state index in [9.17, 15) is 9.59 Å². The molecule has 0 atom stereocenters. The molecule has 9 heteroatoms. The summed E-state index contributed by atoms with van der Waals surface area (Å²) in [5.41, 5.74) is 0.457. The number of fused-ring (bicyclic) bond motifs is 1. The Balaban J connectivity index is 1.73. The molecule has 2 aromatic heterocycles. The van der Waals surface area contributed by atoms with Crippen LogP contribution in [0.1, 0.15) is 11.4 Å². The standard InChI is InChI=1S/C14H12BrN5O2S/c1-8-18-19-14(23-8)17-12(21)4-5-20-7-16-11-3-2-9(15)6-10(11)13(20)22/h2-3,6-7H,4-5H2,1H3,(H,17,19,21). The van der Waals surface area contributed by atoms with Gasteiger partial charge in [0.25, 0.3) is 5.56 Å². The molecule has 0 aliphatic carbocycles. The minimum atomic E-state index is -0.220. The van der Waals surface area contributed by atoms with Crippen molar-refractivity contribution in [3.8, 4) is 0 Å². The molecule has 2 heterocycles. The highest BCUT2D eigenvalue weighted by molar-refractivity contribution is 9.10. The van der Waals surface area contributed by atoms with E-state index in [1.54, 1.807) is 12.1 Å². The second-order valence-corrected chi connectivity index (χ2v) is 6.93. The Morgan fingerprint density at radius 3 is 2.96 bits per heavy atom. The molecule has 0 saturated heterocycles. The lowest BCUT2D eigenvalue weighted by Crippen LogP contribution is -2.23. The third kappa shape index (κ3) is 3.62. The van der Waals surface area contributed by atoms with E-state index in [-0.39, 0.29) is 24.4 Å². The number of hydrogen-bond acceptors (Lipinski definition) is 6. The summed E-state index contributed by atoms with van der Waals surface area (Å²) in [5.74, 6) is -0.220. The molecule has 0 bridgehead atoms. The van der Waals surface area contributed by atoms with Crippen molar-refractivity contribution in [1.82, 2.24) is 19.7 Å². The van der Waals surface area contributed by atoms with Crippen LogP contribution >= 0.6 is 27.3 Å². The van der Waals surface area contributed by atoms with E-state index in [1.165, 1.54) is 22.2 Å². The molecule has 23 heavy (non-hydrogen) atoms. The van der Waals surface area contributed by atoms with Gasteiger partial charge in [-0.3, -0.25) is 14.2 Å². The average Bonchev–Trinajstić information content (AvgIpc) is 2.92. The monoisotopic (exact) mass is 393 g/mol. The summed E-state index contributed by atoms with van der Waals surface area (Å²) in [4.78, 5) is 28.6. The second kappa shape index (κ2) is 6.55. The molecule has 0 spiro atoms. The zero-order chi connectivity index (χ0) is 16.4. The minimum Gasteiger partial charge on any atom is -0.300 e. The molecule has 1 aromatic carbocycles. The Morgan fingerprint density at radius 2 is 2.22 bits per heavy atom. The third-order valence-electron chi connectivity index (χ3n) is 3.14. The summed E-state index contributed by atoms with van der Waals surface area (Å²) in [7, 11) is 0. The fraction of sp³-hybridized carbons (Fsp3) is 0.214. The molecule has 7 nitrogen and oxygen atoms in total. The van der Waals surface area contributed by atoms with Crippen LogP contribution in [0, 0.1) is 6.92 Å². The van der Waals surface area contributed by atoms with Crippen LogP contribution in [0.3, 0.4) is 0 Å². The summed E-state index contributed by atoms with van der Waals surface area (Å²) in [6, 6.07) is 5.33. The van der Waals surface area contributed by atoms with Gasteiger partial charge in [-0.15, -0.1) is 10.2 Å². The van der Waals surface area contributed by atoms with Gasteiger partial charge in [0.2, 0.25) is 11.0 Å². The van der Waals surface area contributed by atoms with Gasteiger partial charge in [0.05, 0.1) is 17.2 Å². The smallest absolute Gasteiger partial charge is 0.261 e. The van der Waals surface area contributed by atoms with Crippen molar-refractivity contribution in [1.29, 1.82) is 0 Å². The van der Waals surface area contributed by atoms with Crippen LogP contribution in [0.2, 0.25) is 0 Å². The lowest BCUT2D eigenvalue weighted by molar-refractivity contribution is -0.116. The summed E-state index contributed by atoms with van der Waals surface area (Å²) >= 11 is 4.64.